The molecule has 0 saturated heterocycles. The topological polar surface area (TPSA) is 69.0 Å². The maximum Gasteiger partial charge on any atom is 0.234 e. The Balaban J connectivity index is 1.43. The van der Waals surface area contributed by atoms with Crippen molar-refractivity contribution in [2.24, 2.45) is 0 Å². The van der Waals surface area contributed by atoms with E-state index in [1.54, 1.807) is 13.4 Å². The van der Waals surface area contributed by atoms with Crippen molar-refractivity contribution in [3.8, 4) is 11.4 Å². The molecule has 0 bridgehead atoms. The normalized spacial score (nSPS) is 10.6. The molecule has 4 rings (SSSR count). The van der Waals surface area contributed by atoms with E-state index in [9.17, 15) is 4.79 Å². The minimum Gasteiger partial charge on any atom is -0.495 e. The van der Waals surface area contributed by atoms with E-state index >= 15 is 0 Å². The first-order valence-electron chi connectivity index (χ1n) is 9.82. The fourth-order valence-electron chi connectivity index (χ4n) is 3.25. The highest BCUT2D eigenvalue weighted by Crippen LogP contribution is 2.27. The Hall–Kier alpha value is -3.58. The average Bonchev–Trinajstić information content (AvgIpc) is 3.28. The predicted octanol–water partition coefficient (Wildman–Crippen LogP) is 4.60. The molecule has 0 fully saturated rings. The van der Waals surface area contributed by atoms with Gasteiger partial charge in [-0.2, -0.15) is 0 Å². The molecule has 7 heteroatoms. The molecular weight excluding hydrogens is 408 g/mol. The second kappa shape index (κ2) is 9.95. The number of nitrogens with zero attached hydrogens (tertiary/aromatic N) is 3. The van der Waals surface area contributed by atoms with Crippen LogP contribution in [0.15, 0.2) is 90.3 Å². The second-order valence-corrected chi connectivity index (χ2v) is 7.75. The minimum absolute atomic E-state index is 0.0971. The van der Waals surface area contributed by atoms with E-state index < -0.39 is 0 Å². The maximum absolute atomic E-state index is 12.7. The van der Waals surface area contributed by atoms with Crippen molar-refractivity contribution in [2.45, 2.75) is 11.6 Å². The molecule has 3 aromatic carbocycles. The van der Waals surface area contributed by atoms with Crippen molar-refractivity contribution in [3.63, 3.8) is 0 Å². The first kappa shape index (κ1) is 20.7. The van der Waals surface area contributed by atoms with Crippen LogP contribution in [0.4, 0.5) is 5.69 Å². The molecule has 1 amide bonds. The quantitative estimate of drug-likeness (QED) is 0.414. The number of anilines is 1. The number of benzene rings is 3. The third-order valence-electron chi connectivity index (χ3n) is 4.72. The van der Waals surface area contributed by atoms with Crippen LogP contribution in [0.3, 0.4) is 0 Å². The molecule has 0 aliphatic heterocycles. The van der Waals surface area contributed by atoms with Crippen LogP contribution in [0.25, 0.3) is 5.69 Å². The van der Waals surface area contributed by atoms with E-state index in [4.69, 9.17) is 4.74 Å². The fraction of sp³-hybridized carbons (Fsp3) is 0.125. The summed E-state index contributed by atoms with van der Waals surface area (Å²) in [6.07, 6.45) is 2.37. The zero-order chi connectivity index (χ0) is 21.5. The number of carbonyl (C=O) groups excluding carboxylic acids is 1. The molecule has 31 heavy (non-hydrogen) atoms. The van der Waals surface area contributed by atoms with E-state index in [2.05, 4.69) is 27.6 Å². The summed E-state index contributed by atoms with van der Waals surface area (Å²) >= 11 is 1.33. The number of para-hydroxylation sites is 3. The molecule has 0 unspecified atom stereocenters. The molecule has 1 heterocycles. The molecule has 0 saturated carbocycles. The van der Waals surface area contributed by atoms with Crippen LogP contribution in [0.2, 0.25) is 0 Å². The van der Waals surface area contributed by atoms with Gasteiger partial charge in [0, 0.05) is 5.69 Å². The van der Waals surface area contributed by atoms with Crippen molar-refractivity contribution >= 4 is 23.4 Å². The summed E-state index contributed by atoms with van der Waals surface area (Å²) in [5, 5.41) is 11.8. The van der Waals surface area contributed by atoms with Crippen LogP contribution in [-0.4, -0.2) is 33.5 Å². The Bertz CT molecular complexity index is 1160. The summed E-state index contributed by atoms with van der Waals surface area (Å²) in [6.45, 7) is 0. The highest BCUT2D eigenvalue weighted by atomic mass is 32.2. The van der Waals surface area contributed by atoms with Crippen LogP contribution < -0.4 is 10.1 Å². The number of rotatable bonds is 8. The van der Waals surface area contributed by atoms with E-state index in [1.165, 1.54) is 17.3 Å². The lowest BCUT2D eigenvalue weighted by atomic mass is 10.0. The number of aromatic nitrogens is 3. The van der Waals surface area contributed by atoms with Crippen molar-refractivity contribution in [1.82, 2.24) is 14.8 Å². The monoisotopic (exact) mass is 430 g/mol. The van der Waals surface area contributed by atoms with Crippen LogP contribution in [0, 0.1) is 0 Å². The number of ether oxygens (including phenoxy) is 1. The molecular formula is C24H22N4O2S. The van der Waals surface area contributed by atoms with Gasteiger partial charge >= 0.3 is 0 Å². The number of thioether (sulfide) groups is 1. The summed E-state index contributed by atoms with van der Waals surface area (Å²) in [5.74, 6) is 0.830. The first-order valence-corrected chi connectivity index (χ1v) is 10.8. The van der Waals surface area contributed by atoms with Gasteiger partial charge in [-0.3, -0.25) is 9.36 Å². The third kappa shape index (κ3) is 5.13. The molecule has 4 aromatic rings. The average molecular weight is 431 g/mol. The fourth-order valence-corrected chi connectivity index (χ4v) is 3.97. The van der Waals surface area contributed by atoms with Crippen LogP contribution in [0.5, 0.6) is 5.75 Å². The summed E-state index contributed by atoms with van der Waals surface area (Å²) in [6, 6.07) is 25.7. The van der Waals surface area contributed by atoms with Gasteiger partial charge in [0.1, 0.15) is 12.1 Å². The van der Waals surface area contributed by atoms with Gasteiger partial charge in [-0.1, -0.05) is 72.4 Å². The lowest BCUT2D eigenvalue weighted by molar-refractivity contribution is -0.113. The Morgan fingerprint density at radius 2 is 1.74 bits per heavy atom. The first-order chi connectivity index (χ1) is 15.2. The van der Waals surface area contributed by atoms with Crippen molar-refractivity contribution in [1.29, 1.82) is 0 Å². The number of carbonyl (C=O) groups is 1. The van der Waals surface area contributed by atoms with Crippen LogP contribution in [-0.2, 0) is 11.2 Å². The largest absolute Gasteiger partial charge is 0.495 e. The van der Waals surface area contributed by atoms with E-state index in [1.807, 2.05) is 71.3 Å². The van der Waals surface area contributed by atoms with Crippen molar-refractivity contribution < 1.29 is 9.53 Å². The second-order valence-electron chi connectivity index (χ2n) is 6.81. The minimum atomic E-state index is -0.0971. The van der Waals surface area contributed by atoms with Crippen LogP contribution in [0.1, 0.15) is 11.1 Å². The lowest BCUT2D eigenvalue weighted by Gasteiger charge is -2.12. The Kier molecular flexibility index (Phi) is 6.64. The SMILES string of the molecule is COc1ccccc1-n1cnnc1SCC(=O)Nc1ccccc1Cc1ccccc1. The van der Waals surface area contributed by atoms with Gasteiger partial charge in [-0.25, -0.2) is 0 Å². The highest BCUT2D eigenvalue weighted by molar-refractivity contribution is 7.99. The van der Waals surface area contributed by atoms with E-state index in [-0.39, 0.29) is 11.7 Å². The number of nitrogens with one attached hydrogen (secondary N) is 1. The van der Waals surface area contributed by atoms with Crippen molar-refractivity contribution in [2.75, 3.05) is 18.2 Å². The summed E-state index contributed by atoms with van der Waals surface area (Å²) < 4.78 is 7.25. The zero-order valence-electron chi connectivity index (χ0n) is 17.1. The van der Waals surface area contributed by atoms with Crippen molar-refractivity contribution in [3.05, 3.63) is 96.3 Å². The molecule has 0 spiro atoms. The zero-order valence-corrected chi connectivity index (χ0v) is 17.9. The van der Waals surface area contributed by atoms with Gasteiger partial charge in [-0.15, -0.1) is 10.2 Å². The molecule has 0 aliphatic carbocycles. The number of hydrogen-bond donors (Lipinski definition) is 1. The van der Waals surface area contributed by atoms with Gasteiger partial charge < -0.3 is 10.1 Å². The smallest absolute Gasteiger partial charge is 0.234 e. The third-order valence-corrected chi connectivity index (χ3v) is 5.67. The van der Waals surface area contributed by atoms with Gasteiger partial charge in [0.2, 0.25) is 5.91 Å². The molecule has 0 radical (unpaired) electrons. The van der Waals surface area contributed by atoms with E-state index in [0.29, 0.717) is 10.9 Å². The number of hydrogen-bond acceptors (Lipinski definition) is 5. The summed E-state index contributed by atoms with van der Waals surface area (Å²) in [5.41, 5.74) is 3.92. The van der Waals surface area contributed by atoms with Gasteiger partial charge in [0.15, 0.2) is 5.16 Å². The standard InChI is InChI=1S/C24H22N4O2S/c1-30-22-14-8-7-13-21(22)28-17-25-27-24(28)31-16-23(29)26-20-12-6-5-11-19(20)15-18-9-3-2-4-10-18/h2-14,17H,15-16H2,1H3,(H,26,29). The van der Waals surface area contributed by atoms with Gasteiger partial charge in [0.05, 0.1) is 18.6 Å². The molecule has 1 N–H and O–H groups in total. The van der Waals surface area contributed by atoms with Gasteiger partial charge in [0.25, 0.3) is 0 Å². The molecule has 6 nitrogen and oxygen atoms in total. The molecule has 0 atom stereocenters. The van der Waals surface area contributed by atoms with Crippen LogP contribution >= 0.6 is 11.8 Å². The number of amides is 1. The maximum atomic E-state index is 12.7. The lowest BCUT2D eigenvalue weighted by Crippen LogP contribution is -2.16. The Labute approximate surface area is 185 Å². The molecule has 156 valence electrons. The summed E-state index contributed by atoms with van der Waals surface area (Å²) in [4.78, 5) is 12.7. The number of methoxy groups -OCH3 is 1. The Morgan fingerprint density at radius 1 is 1.00 bits per heavy atom. The highest BCUT2D eigenvalue weighted by Gasteiger charge is 2.14. The Morgan fingerprint density at radius 3 is 2.58 bits per heavy atom. The van der Waals surface area contributed by atoms with Gasteiger partial charge in [-0.05, 0) is 35.7 Å². The predicted molar refractivity (Wildman–Crippen MR) is 123 cm³/mol. The molecule has 1 aromatic heterocycles. The van der Waals surface area contributed by atoms with E-state index in [0.717, 1.165) is 23.4 Å². The molecule has 0 aliphatic rings. The summed E-state index contributed by atoms with van der Waals surface area (Å²) in [7, 11) is 1.62.